The first-order valence-corrected chi connectivity index (χ1v) is 6.37. The number of hydrogen-bond donors (Lipinski definition) is 2. The van der Waals surface area contributed by atoms with Gasteiger partial charge in [0, 0.05) is 4.90 Å². The van der Waals surface area contributed by atoms with Crippen molar-refractivity contribution in [2.45, 2.75) is 24.3 Å². The van der Waals surface area contributed by atoms with Crippen LogP contribution in [0.15, 0.2) is 29.2 Å². The van der Waals surface area contributed by atoms with Crippen LogP contribution in [0.25, 0.3) is 0 Å². The van der Waals surface area contributed by atoms with Gasteiger partial charge in [0.1, 0.15) is 0 Å². The zero-order chi connectivity index (χ0) is 12.1. The van der Waals surface area contributed by atoms with Crippen molar-refractivity contribution in [3.05, 3.63) is 29.8 Å². The van der Waals surface area contributed by atoms with Gasteiger partial charge in [-0.1, -0.05) is 19.1 Å². The van der Waals surface area contributed by atoms with Crippen molar-refractivity contribution in [2.75, 3.05) is 6.26 Å². The summed E-state index contributed by atoms with van der Waals surface area (Å²) in [6.45, 7) is 1.76. The molecule has 0 aromatic heterocycles. The summed E-state index contributed by atoms with van der Waals surface area (Å²) in [6, 6.07) is 7.33. The van der Waals surface area contributed by atoms with Crippen LogP contribution in [0, 0.1) is 5.92 Å². The normalized spacial score (nSPS) is 14.4. The summed E-state index contributed by atoms with van der Waals surface area (Å²) >= 11 is 1.61. The van der Waals surface area contributed by atoms with Crippen LogP contribution < -0.4 is 0 Å². The Morgan fingerprint density at radius 3 is 2.31 bits per heavy atom. The summed E-state index contributed by atoms with van der Waals surface area (Å²) in [5.74, 6) is -1.69. The Hall–Kier alpha value is -1.00. The van der Waals surface area contributed by atoms with Gasteiger partial charge in [0.15, 0.2) is 0 Å². The van der Waals surface area contributed by atoms with E-state index in [1.165, 1.54) is 0 Å². The van der Waals surface area contributed by atoms with Crippen LogP contribution in [-0.2, 0) is 4.79 Å². The third-order valence-corrected chi connectivity index (χ3v) is 3.34. The van der Waals surface area contributed by atoms with Crippen LogP contribution in [-0.4, -0.2) is 22.4 Å². The quantitative estimate of drug-likeness (QED) is 0.777. The largest absolute Gasteiger partial charge is 0.481 e. The molecule has 0 heterocycles. The van der Waals surface area contributed by atoms with Crippen LogP contribution in [0.2, 0.25) is 0 Å². The van der Waals surface area contributed by atoms with E-state index in [9.17, 15) is 9.90 Å². The van der Waals surface area contributed by atoms with E-state index in [2.05, 4.69) is 0 Å². The van der Waals surface area contributed by atoms with Gasteiger partial charge < -0.3 is 10.2 Å². The molecule has 0 aliphatic rings. The summed E-state index contributed by atoms with van der Waals surface area (Å²) in [4.78, 5) is 12.0. The SMILES string of the molecule is CCC(C(=O)O)C(O)c1ccc(SC)cc1. The molecule has 2 atom stereocenters. The Morgan fingerprint density at radius 2 is 1.94 bits per heavy atom. The molecule has 1 rings (SSSR count). The molecule has 0 fully saturated rings. The number of thioether (sulfide) groups is 1. The molecule has 0 bridgehead atoms. The van der Waals surface area contributed by atoms with Gasteiger partial charge in [-0.25, -0.2) is 0 Å². The Balaban J connectivity index is 2.86. The zero-order valence-electron chi connectivity index (χ0n) is 9.38. The van der Waals surface area contributed by atoms with Crippen LogP contribution >= 0.6 is 11.8 Å². The molecular formula is C12H16O3S. The molecule has 1 aromatic carbocycles. The number of benzene rings is 1. The number of carbonyl (C=O) groups is 1. The number of rotatable bonds is 5. The summed E-state index contributed by atoms with van der Waals surface area (Å²) in [6.07, 6.45) is 1.46. The minimum Gasteiger partial charge on any atom is -0.481 e. The van der Waals surface area contributed by atoms with Crippen LogP contribution in [0.1, 0.15) is 25.0 Å². The van der Waals surface area contributed by atoms with E-state index in [0.717, 1.165) is 4.90 Å². The first-order chi connectivity index (χ1) is 7.60. The fourth-order valence-corrected chi connectivity index (χ4v) is 1.97. The van der Waals surface area contributed by atoms with Gasteiger partial charge in [-0.15, -0.1) is 11.8 Å². The molecule has 0 radical (unpaired) electrons. The summed E-state index contributed by atoms with van der Waals surface area (Å²) in [5.41, 5.74) is 0.659. The van der Waals surface area contributed by atoms with Gasteiger partial charge in [0.05, 0.1) is 12.0 Å². The Morgan fingerprint density at radius 1 is 1.38 bits per heavy atom. The zero-order valence-corrected chi connectivity index (χ0v) is 10.2. The monoisotopic (exact) mass is 240 g/mol. The van der Waals surface area contributed by atoms with Crippen molar-refractivity contribution in [1.82, 2.24) is 0 Å². The highest BCUT2D eigenvalue weighted by Crippen LogP contribution is 2.26. The van der Waals surface area contributed by atoms with E-state index >= 15 is 0 Å². The molecule has 0 amide bonds. The molecule has 0 aliphatic heterocycles. The minimum absolute atomic E-state index is 0.417. The number of carboxylic acids is 1. The summed E-state index contributed by atoms with van der Waals surface area (Å²) in [7, 11) is 0. The van der Waals surface area contributed by atoms with Gasteiger partial charge >= 0.3 is 5.97 Å². The molecule has 4 heteroatoms. The van der Waals surface area contributed by atoms with Crippen molar-refractivity contribution in [2.24, 2.45) is 5.92 Å². The summed E-state index contributed by atoms with van der Waals surface area (Å²) < 4.78 is 0. The fraction of sp³-hybridized carbons (Fsp3) is 0.417. The first kappa shape index (κ1) is 13.1. The third kappa shape index (κ3) is 3.00. The fourth-order valence-electron chi connectivity index (χ4n) is 1.57. The van der Waals surface area contributed by atoms with Crippen molar-refractivity contribution < 1.29 is 15.0 Å². The molecular weight excluding hydrogens is 224 g/mol. The van der Waals surface area contributed by atoms with Crippen LogP contribution in [0.3, 0.4) is 0 Å². The van der Waals surface area contributed by atoms with Gasteiger partial charge in [-0.3, -0.25) is 4.79 Å². The van der Waals surface area contributed by atoms with E-state index in [-0.39, 0.29) is 0 Å². The molecule has 2 N–H and O–H groups in total. The number of carboxylic acid groups (broad SMARTS) is 1. The lowest BCUT2D eigenvalue weighted by Crippen LogP contribution is -2.21. The molecule has 88 valence electrons. The molecule has 0 aliphatic carbocycles. The first-order valence-electron chi connectivity index (χ1n) is 5.15. The van der Waals surface area contributed by atoms with E-state index in [4.69, 9.17) is 5.11 Å². The van der Waals surface area contributed by atoms with E-state index in [1.807, 2.05) is 18.4 Å². The number of aliphatic carboxylic acids is 1. The van der Waals surface area contributed by atoms with Gasteiger partial charge in [0.25, 0.3) is 0 Å². The van der Waals surface area contributed by atoms with Gasteiger partial charge in [-0.05, 0) is 30.4 Å². The number of aliphatic hydroxyl groups is 1. The lowest BCUT2D eigenvalue weighted by Gasteiger charge is -2.17. The van der Waals surface area contributed by atoms with Crippen molar-refractivity contribution in [3.8, 4) is 0 Å². The Kier molecular flexibility index (Phi) is 4.83. The van der Waals surface area contributed by atoms with Crippen molar-refractivity contribution in [1.29, 1.82) is 0 Å². The van der Waals surface area contributed by atoms with Gasteiger partial charge in [-0.2, -0.15) is 0 Å². The third-order valence-electron chi connectivity index (χ3n) is 2.60. The molecule has 2 unspecified atom stereocenters. The maximum atomic E-state index is 10.9. The van der Waals surface area contributed by atoms with Gasteiger partial charge in [0.2, 0.25) is 0 Å². The maximum Gasteiger partial charge on any atom is 0.309 e. The highest BCUT2D eigenvalue weighted by Gasteiger charge is 2.25. The maximum absolute atomic E-state index is 10.9. The Labute approximate surface area is 99.5 Å². The average Bonchev–Trinajstić information content (AvgIpc) is 2.29. The van der Waals surface area contributed by atoms with E-state index < -0.39 is 18.0 Å². The molecule has 0 spiro atoms. The highest BCUT2D eigenvalue weighted by molar-refractivity contribution is 7.98. The standard InChI is InChI=1S/C12H16O3S/c1-3-10(12(14)15)11(13)8-4-6-9(16-2)7-5-8/h4-7,10-11,13H,3H2,1-2H3,(H,14,15). The topological polar surface area (TPSA) is 57.5 Å². The number of aliphatic hydroxyl groups excluding tert-OH is 1. The van der Waals surface area contributed by atoms with E-state index in [1.54, 1.807) is 30.8 Å². The lowest BCUT2D eigenvalue weighted by atomic mass is 9.94. The lowest BCUT2D eigenvalue weighted by molar-refractivity contribution is -0.146. The van der Waals surface area contributed by atoms with E-state index in [0.29, 0.717) is 12.0 Å². The summed E-state index contributed by atoms with van der Waals surface area (Å²) in [5, 5.41) is 18.9. The second kappa shape index (κ2) is 5.92. The van der Waals surface area contributed by atoms with Crippen molar-refractivity contribution in [3.63, 3.8) is 0 Å². The molecule has 3 nitrogen and oxygen atoms in total. The van der Waals surface area contributed by atoms with Crippen molar-refractivity contribution >= 4 is 17.7 Å². The molecule has 1 aromatic rings. The van der Waals surface area contributed by atoms with Crippen LogP contribution in [0.5, 0.6) is 0 Å². The molecule has 16 heavy (non-hydrogen) atoms. The second-order valence-corrected chi connectivity index (χ2v) is 4.45. The molecule has 0 saturated heterocycles. The second-order valence-electron chi connectivity index (χ2n) is 3.57. The number of hydrogen-bond acceptors (Lipinski definition) is 3. The average molecular weight is 240 g/mol. The highest BCUT2D eigenvalue weighted by atomic mass is 32.2. The predicted molar refractivity (Wildman–Crippen MR) is 64.6 cm³/mol. The molecule has 0 saturated carbocycles. The smallest absolute Gasteiger partial charge is 0.309 e. The van der Waals surface area contributed by atoms with Crippen LogP contribution in [0.4, 0.5) is 0 Å². The minimum atomic E-state index is -0.955. The predicted octanol–water partition coefficient (Wildman–Crippen LogP) is 2.55. The Bertz CT molecular complexity index is 348.